The van der Waals surface area contributed by atoms with Crippen LogP contribution in [0.5, 0.6) is 0 Å². The largest absolute Gasteiger partial charge is 0.303 e. The first-order chi connectivity index (χ1) is 11.7. The molecule has 0 aliphatic heterocycles. The van der Waals surface area contributed by atoms with Gasteiger partial charge in [-0.05, 0) is 31.8 Å². The van der Waals surface area contributed by atoms with E-state index in [0.29, 0.717) is 12.8 Å². The smallest absolute Gasteiger partial charge is 0.231 e. The van der Waals surface area contributed by atoms with Crippen LogP contribution in [0.3, 0.4) is 0 Å². The molecule has 0 saturated heterocycles. The van der Waals surface area contributed by atoms with E-state index in [2.05, 4.69) is 6.92 Å². The van der Waals surface area contributed by atoms with E-state index in [1.165, 1.54) is 38.5 Å². The van der Waals surface area contributed by atoms with E-state index in [1.807, 2.05) is 6.08 Å². The van der Waals surface area contributed by atoms with Crippen molar-refractivity contribution in [3.63, 3.8) is 0 Å². The number of carbonyl (C=O) groups is 1. The lowest BCUT2D eigenvalue weighted by Crippen LogP contribution is -2.16. The van der Waals surface area contributed by atoms with E-state index in [4.69, 9.17) is 0 Å². The SMILES string of the molecule is CCCCCCC/C=C/C(CCCCCCCCCC=O)[N+](=O)[O-]. The summed E-state index contributed by atoms with van der Waals surface area (Å²) in [6, 6.07) is -0.506. The molecule has 0 aromatic rings. The monoisotopic (exact) mass is 339 g/mol. The third-order valence-electron chi connectivity index (χ3n) is 4.43. The standard InChI is InChI=1S/C20H37NO3/c1-2-3-4-5-8-11-14-17-20(21(23)24)18-15-12-9-6-7-10-13-16-19-22/h14,17,19-20H,2-13,15-16,18H2,1H3/b17-14+. The molecule has 24 heavy (non-hydrogen) atoms. The Kier molecular flexibility index (Phi) is 17.3. The van der Waals surface area contributed by atoms with Gasteiger partial charge >= 0.3 is 0 Å². The Labute approximate surface area is 148 Å². The predicted molar refractivity (Wildman–Crippen MR) is 101 cm³/mol. The third-order valence-corrected chi connectivity index (χ3v) is 4.43. The molecule has 0 amide bonds. The van der Waals surface area contributed by atoms with Gasteiger partial charge in [-0.25, -0.2) is 0 Å². The number of hydrogen-bond acceptors (Lipinski definition) is 3. The van der Waals surface area contributed by atoms with Gasteiger partial charge < -0.3 is 4.79 Å². The van der Waals surface area contributed by atoms with Gasteiger partial charge in [-0.2, -0.15) is 0 Å². The second-order valence-electron chi connectivity index (χ2n) is 6.70. The molecule has 0 aliphatic rings. The van der Waals surface area contributed by atoms with Crippen molar-refractivity contribution in [1.29, 1.82) is 0 Å². The van der Waals surface area contributed by atoms with Crippen LogP contribution >= 0.6 is 0 Å². The lowest BCUT2D eigenvalue weighted by atomic mass is 10.0. The molecular weight excluding hydrogens is 302 g/mol. The average Bonchev–Trinajstić information content (AvgIpc) is 2.57. The van der Waals surface area contributed by atoms with Crippen LogP contribution in [0.15, 0.2) is 12.2 Å². The van der Waals surface area contributed by atoms with Crippen LogP contribution in [0.25, 0.3) is 0 Å². The van der Waals surface area contributed by atoms with Gasteiger partial charge in [-0.1, -0.05) is 70.8 Å². The van der Waals surface area contributed by atoms with Gasteiger partial charge in [-0.3, -0.25) is 10.1 Å². The number of unbranched alkanes of at least 4 members (excludes halogenated alkanes) is 12. The second-order valence-corrected chi connectivity index (χ2v) is 6.70. The summed E-state index contributed by atoms with van der Waals surface area (Å²) in [5, 5.41) is 11.1. The number of allylic oxidation sites excluding steroid dienone is 1. The Morgan fingerprint density at radius 3 is 1.96 bits per heavy atom. The summed E-state index contributed by atoms with van der Waals surface area (Å²) in [5.74, 6) is 0. The normalized spacial score (nSPS) is 12.5. The molecule has 0 N–H and O–H groups in total. The molecule has 0 spiro atoms. The summed E-state index contributed by atoms with van der Waals surface area (Å²) < 4.78 is 0. The van der Waals surface area contributed by atoms with E-state index in [0.717, 1.165) is 51.2 Å². The zero-order chi connectivity index (χ0) is 17.9. The predicted octanol–water partition coefficient (Wildman–Crippen LogP) is 6.26. The van der Waals surface area contributed by atoms with Gasteiger partial charge in [0, 0.05) is 17.8 Å². The minimum absolute atomic E-state index is 0.146. The summed E-state index contributed by atoms with van der Waals surface area (Å²) in [4.78, 5) is 21.1. The molecule has 0 saturated carbocycles. The van der Waals surface area contributed by atoms with E-state index < -0.39 is 6.04 Å². The molecule has 1 unspecified atom stereocenters. The molecule has 1 atom stereocenters. The van der Waals surface area contributed by atoms with Crippen molar-refractivity contribution in [2.45, 2.75) is 109 Å². The number of nitro groups is 1. The van der Waals surface area contributed by atoms with E-state index in [1.54, 1.807) is 6.08 Å². The van der Waals surface area contributed by atoms with E-state index >= 15 is 0 Å². The first-order valence-electron chi connectivity index (χ1n) is 9.96. The summed E-state index contributed by atoms with van der Waals surface area (Å²) in [6.45, 7) is 2.20. The highest BCUT2D eigenvalue weighted by molar-refractivity contribution is 5.48. The van der Waals surface area contributed by atoms with Gasteiger partial charge in [0.1, 0.15) is 6.29 Å². The molecule has 140 valence electrons. The summed E-state index contributed by atoms with van der Waals surface area (Å²) in [6.07, 6.45) is 20.9. The second kappa shape index (κ2) is 18.2. The lowest BCUT2D eigenvalue weighted by Gasteiger charge is -2.05. The number of aldehydes is 1. The summed E-state index contributed by atoms with van der Waals surface area (Å²) in [7, 11) is 0. The molecule has 0 fully saturated rings. The Hall–Kier alpha value is -1.19. The summed E-state index contributed by atoms with van der Waals surface area (Å²) in [5.41, 5.74) is 0. The van der Waals surface area contributed by atoms with Crippen LogP contribution in [0.1, 0.15) is 103 Å². The highest BCUT2D eigenvalue weighted by atomic mass is 16.6. The molecular formula is C20H37NO3. The Morgan fingerprint density at radius 2 is 1.38 bits per heavy atom. The zero-order valence-corrected chi connectivity index (χ0v) is 15.6. The maximum atomic E-state index is 11.1. The Morgan fingerprint density at radius 1 is 0.833 bits per heavy atom. The lowest BCUT2D eigenvalue weighted by molar-refractivity contribution is -0.510. The molecule has 0 aliphatic carbocycles. The molecule has 0 aromatic heterocycles. The van der Waals surface area contributed by atoms with Crippen molar-refractivity contribution >= 4 is 6.29 Å². The van der Waals surface area contributed by atoms with E-state index in [9.17, 15) is 14.9 Å². The molecule has 0 rings (SSSR count). The molecule has 0 radical (unpaired) electrons. The average molecular weight is 340 g/mol. The molecule has 4 heteroatoms. The van der Waals surface area contributed by atoms with Gasteiger partial charge in [0.25, 0.3) is 0 Å². The Balaban J connectivity index is 3.62. The fourth-order valence-corrected chi connectivity index (χ4v) is 2.86. The van der Waals surface area contributed by atoms with Gasteiger partial charge in [0.05, 0.1) is 0 Å². The number of hydrogen-bond donors (Lipinski definition) is 0. The highest BCUT2D eigenvalue weighted by Crippen LogP contribution is 2.13. The van der Waals surface area contributed by atoms with Crippen molar-refractivity contribution in [1.82, 2.24) is 0 Å². The maximum Gasteiger partial charge on any atom is 0.231 e. The number of rotatable bonds is 18. The topological polar surface area (TPSA) is 60.2 Å². The quantitative estimate of drug-likeness (QED) is 0.0973. The van der Waals surface area contributed by atoms with Gasteiger partial charge in [-0.15, -0.1) is 0 Å². The van der Waals surface area contributed by atoms with Gasteiger partial charge in [0.2, 0.25) is 6.04 Å². The number of nitrogens with zero attached hydrogens (tertiary/aromatic N) is 1. The van der Waals surface area contributed by atoms with Crippen LogP contribution in [0, 0.1) is 10.1 Å². The van der Waals surface area contributed by atoms with Crippen LogP contribution in [-0.4, -0.2) is 17.3 Å². The highest BCUT2D eigenvalue weighted by Gasteiger charge is 2.14. The van der Waals surface area contributed by atoms with Crippen LogP contribution in [0.4, 0.5) is 0 Å². The third kappa shape index (κ3) is 15.7. The van der Waals surface area contributed by atoms with E-state index in [-0.39, 0.29) is 4.92 Å². The number of carbonyl (C=O) groups excluding carboxylic acids is 1. The fraction of sp³-hybridized carbons (Fsp3) is 0.850. The molecule has 0 aromatic carbocycles. The van der Waals surface area contributed by atoms with Crippen LogP contribution in [0.2, 0.25) is 0 Å². The van der Waals surface area contributed by atoms with Crippen LogP contribution in [-0.2, 0) is 4.79 Å². The van der Waals surface area contributed by atoms with Gasteiger partial charge in [0.15, 0.2) is 0 Å². The maximum absolute atomic E-state index is 11.1. The molecule has 4 nitrogen and oxygen atoms in total. The van der Waals surface area contributed by atoms with Crippen molar-refractivity contribution < 1.29 is 9.72 Å². The minimum atomic E-state index is -0.506. The molecule has 0 heterocycles. The fourth-order valence-electron chi connectivity index (χ4n) is 2.86. The zero-order valence-electron chi connectivity index (χ0n) is 15.6. The first kappa shape index (κ1) is 22.8. The van der Waals surface area contributed by atoms with Crippen molar-refractivity contribution in [2.75, 3.05) is 0 Å². The minimum Gasteiger partial charge on any atom is -0.303 e. The van der Waals surface area contributed by atoms with Crippen molar-refractivity contribution in [3.05, 3.63) is 22.3 Å². The van der Waals surface area contributed by atoms with Crippen molar-refractivity contribution in [2.24, 2.45) is 0 Å². The van der Waals surface area contributed by atoms with Crippen molar-refractivity contribution in [3.8, 4) is 0 Å². The molecule has 0 bridgehead atoms. The van der Waals surface area contributed by atoms with Crippen LogP contribution < -0.4 is 0 Å². The Bertz CT molecular complexity index is 329. The first-order valence-corrected chi connectivity index (χ1v) is 9.96. The summed E-state index contributed by atoms with van der Waals surface area (Å²) >= 11 is 0.